The van der Waals surface area contributed by atoms with Crippen molar-refractivity contribution in [1.29, 1.82) is 0 Å². The molecule has 0 saturated heterocycles. The molecule has 1 aromatic carbocycles. The summed E-state index contributed by atoms with van der Waals surface area (Å²) in [6, 6.07) is 9.57. The van der Waals surface area contributed by atoms with Gasteiger partial charge in [-0.15, -0.1) is 0 Å². The van der Waals surface area contributed by atoms with E-state index in [-0.39, 0.29) is 12.5 Å². The van der Waals surface area contributed by atoms with E-state index in [0.29, 0.717) is 0 Å². The summed E-state index contributed by atoms with van der Waals surface area (Å²) in [4.78, 5) is 23.3. The monoisotopic (exact) mass is 351 g/mol. The van der Waals surface area contributed by atoms with Gasteiger partial charge in [0, 0.05) is 26.8 Å². The van der Waals surface area contributed by atoms with Crippen LogP contribution in [0.1, 0.15) is 24.8 Å². The Labute approximate surface area is 140 Å². The quantitative estimate of drug-likeness (QED) is 0.823. The first-order valence-corrected chi connectivity index (χ1v) is 9.07. The first-order valence-electron chi connectivity index (χ1n) is 7.59. The second-order valence-corrected chi connectivity index (χ2v) is 7.35. The Kier molecular flexibility index (Phi) is 5.40. The Morgan fingerprint density at radius 3 is 2.33 bits per heavy atom. The molecule has 0 aliphatic heterocycles. The summed E-state index contributed by atoms with van der Waals surface area (Å²) in [5.41, 5.74) is -0.385. The molecule has 1 aromatic heterocycles. The van der Waals surface area contributed by atoms with Gasteiger partial charge in [0.15, 0.2) is 4.90 Å². The Morgan fingerprint density at radius 1 is 1.12 bits per heavy atom. The molecular weight excluding hydrogens is 330 g/mol. The highest BCUT2D eigenvalue weighted by molar-refractivity contribution is 7.89. The minimum absolute atomic E-state index is 0.00245. The molecule has 1 N–H and O–H groups in total. The first kappa shape index (κ1) is 18.2. The van der Waals surface area contributed by atoms with Crippen LogP contribution in [0.2, 0.25) is 0 Å². The maximum Gasteiger partial charge on any atom is 0.330 e. The zero-order chi connectivity index (χ0) is 17.9. The van der Waals surface area contributed by atoms with Crippen LogP contribution in [0.4, 0.5) is 0 Å². The van der Waals surface area contributed by atoms with Crippen LogP contribution in [0.25, 0.3) is 0 Å². The predicted molar refractivity (Wildman–Crippen MR) is 91.6 cm³/mol. The molecule has 0 amide bonds. The summed E-state index contributed by atoms with van der Waals surface area (Å²) in [6.45, 7) is 2.14. The van der Waals surface area contributed by atoms with Gasteiger partial charge in [-0.05, 0) is 17.9 Å². The van der Waals surface area contributed by atoms with Crippen molar-refractivity contribution in [3.63, 3.8) is 0 Å². The SMILES string of the molecule is CCC(CNS(=O)(=O)c1cn(C)c(=O)n(C)c1=O)c1ccccc1. The van der Waals surface area contributed by atoms with E-state index in [1.165, 1.54) is 14.1 Å². The topological polar surface area (TPSA) is 90.2 Å². The van der Waals surface area contributed by atoms with Gasteiger partial charge < -0.3 is 4.57 Å². The molecule has 2 rings (SSSR count). The van der Waals surface area contributed by atoms with Crippen LogP contribution in [0.3, 0.4) is 0 Å². The van der Waals surface area contributed by atoms with Crippen molar-refractivity contribution in [2.45, 2.75) is 24.2 Å². The van der Waals surface area contributed by atoms with Crippen LogP contribution >= 0.6 is 0 Å². The molecule has 0 spiro atoms. The number of hydrogen-bond acceptors (Lipinski definition) is 4. The Balaban J connectivity index is 2.30. The lowest BCUT2D eigenvalue weighted by molar-refractivity contribution is 0.558. The van der Waals surface area contributed by atoms with Gasteiger partial charge in [-0.2, -0.15) is 0 Å². The fourth-order valence-electron chi connectivity index (χ4n) is 2.47. The molecule has 24 heavy (non-hydrogen) atoms. The first-order chi connectivity index (χ1) is 11.3. The van der Waals surface area contributed by atoms with Crippen LogP contribution in [0.15, 0.2) is 51.0 Å². The summed E-state index contributed by atoms with van der Waals surface area (Å²) in [5.74, 6) is -0.00245. The van der Waals surface area contributed by atoms with E-state index >= 15 is 0 Å². The molecular formula is C16H21N3O4S. The molecule has 1 atom stereocenters. The van der Waals surface area contributed by atoms with Crippen LogP contribution in [-0.2, 0) is 24.1 Å². The standard InChI is InChI=1S/C16H21N3O4S/c1-4-12(13-8-6-5-7-9-13)10-17-24(22,23)14-11-18(2)16(21)19(3)15(14)20/h5-9,11-12,17H,4,10H2,1-3H3. The largest absolute Gasteiger partial charge is 0.330 e. The van der Waals surface area contributed by atoms with Gasteiger partial charge in [-0.25, -0.2) is 17.9 Å². The summed E-state index contributed by atoms with van der Waals surface area (Å²) in [6.07, 6.45) is 1.80. The molecule has 1 unspecified atom stereocenters. The molecule has 7 nitrogen and oxygen atoms in total. The fraction of sp³-hybridized carbons (Fsp3) is 0.375. The van der Waals surface area contributed by atoms with Gasteiger partial charge in [-0.1, -0.05) is 37.3 Å². The van der Waals surface area contributed by atoms with Gasteiger partial charge in [0.2, 0.25) is 10.0 Å². The normalized spacial score (nSPS) is 13.0. The Hall–Kier alpha value is -2.19. The minimum Gasteiger partial charge on any atom is -0.302 e. The van der Waals surface area contributed by atoms with Gasteiger partial charge in [0.05, 0.1) is 0 Å². The number of aromatic nitrogens is 2. The summed E-state index contributed by atoms with van der Waals surface area (Å²) < 4.78 is 29.3. The molecule has 0 radical (unpaired) electrons. The van der Waals surface area contributed by atoms with E-state index in [1.54, 1.807) is 0 Å². The maximum atomic E-state index is 12.5. The van der Waals surface area contributed by atoms with E-state index < -0.39 is 26.2 Å². The van der Waals surface area contributed by atoms with Crippen LogP contribution in [-0.4, -0.2) is 24.1 Å². The maximum absolute atomic E-state index is 12.5. The van der Waals surface area contributed by atoms with Crippen molar-refractivity contribution in [3.8, 4) is 0 Å². The molecule has 1 heterocycles. The molecule has 0 fully saturated rings. The average molecular weight is 351 g/mol. The lowest BCUT2D eigenvalue weighted by Gasteiger charge is -2.16. The lowest BCUT2D eigenvalue weighted by Crippen LogP contribution is -2.42. The molecule has 0 aliphatic carbocycles. The van der Waals surface area contributed by atoms with E-state index in [0.717, 1.165) is 27.3 Å². The smallest absolute Gasteiger partial charge is 0.302 e. The highest BCUT2D eigenvalue weighted by atomic mass is 32.2. The molecule has 0 saturated carbocycles. The predicted octanol–water partition coefficient (Wildman–Crippen LogP) is 0.556. The van der Waals surface area contributed by atoms with Crippen molar-refractivity contribution in [3.05, 3.63) is 62.9 Å². The summed E-state index contributed by atoms with van der Waals surface area (Å²) in [7, 11) is -1.35. The number of rotatable bonds is 6. The molecule has 130 valence electrons. The lowest BCUT2D eigenvalue weighted by atomic mass is 9.97. The fourth-order valence-corrected chi connectivity index (χ4v) is 3.71. The Bertz CT molecular complexity index is 930. The minimum atomic E-state index is -4.01. The number of nitrogens with one attached hydrogen (secondary N) is 1. The highest BCUT2D eigenvalue weighted by Gasteiger charge is 2.22. The number of hydrogen-bond donors (Lipinski definition) is 1. The summed E-state index contributed by atoms with van der Waals surface area (Å²) in [5, 5.41) is 0. The van der Waals surface area contributed by atoms with E-state index in [2.05, 4.69) is 4.72 Å². The van der Waals surface area contributed by atoms with Gasteiger partial charge in [0.1, 0.15) is 0 Å². The number of nitrogens with zero attached hydrogens (tertiary/aromatic N) is 2. The van der Waals surface area contributed by atoms with E-state index in [9.17, 15) is 18.0 Å². The van der Waals surface area contributed by atoms with E-state index in [1.807, 2.05) is 37.3 Å². The van der Waals surface area contributed by atoms with Gasteiger partial charge >= 0.3 is 5.69 Å². The van der Waals surface area contributed by atoms with Crippen LogP contribution < -0.4 is 16.0 Å². The van der Waals surface area contributed by atoms with Crippen molar-refractivity contribution in [1.82, 2.24) is 13.9 Å². The molecule has 0 aliphatic rings. The third kappa shape index (κ3) is 3.65. The summed E-state index contributed by atoms with van der Waals surface area (Å²) >= 11 is 0. The highest BCUT2D eigenvalue weighted by Crippen LogP contribution is 2.18. The number of sulfonamides is 1. The van der Waals surface area contributed by atoms with Crippen molar-refractivity contribution in [2.75, 3.05) is 6.54 Å². The zero-order valence-electron chi connectivity index (χ0n) is 13.9. The second kappa shape index (κ2) is 7.14. The van der Waals surface area contributed by atoms with Crippen molar-refractivity contribution >= 4 is 10.0 Å². The third-order valence-electron chi connectivity index (χ3n) is 3.99. The molecule has 8 heteroatoms. The average Bonchev–Trinajstić information content (AvgIpc) is 2.57. The Morgan fingerprint density at radius 2 is 1.75 bits per heavy atom. The van der Waals surface area contributed by atoms with Gasteiger partial charge in [0.25, 0.3) is 5.56 Å². The van der Waals surface area contributed by atoms with Crippen molar-refractivity contribution < 1.29 is 8.42 Å². The zero-order valence-corrected chi connectivity index (χ0v) is 14.7. The van der Waals surface area contributed by atoms with Crippen LogP contribution in [0.5, 0.6) is 0 Å². The van der Waals surface area contributed by atoms with Gasteiger partial charge in [-0.3, -0.25) is 9.36 Å². The third-order valence-corrected chi connectivity index (χ3v) is 5.39. The van der Waals surface area contributed by atoms with E-state index in [4.69, 9.17) is 0 Å². The number of benzene rings is 1. The van der Waals surface area contributed by atoms with Crippen molar-refractivity contribution in [2.24, 2.45) is 14.1 Å². The second-order valence-electron chi connectivity index (χ2n) is 5.62. The number of aryl methyl sites for hydroxylation is 1. The molecule has 0 bridgehead atoms. The molecule has 2 aromatic rings. The van der Waals surface area contributed by atoms with Crippen LogP contribution in [0, 0.1) is 0 Å².